The molecule has 0 saturated heterocycles. The summed E-state index contributed by atoms with van der Waals surface area (Å²) >= 11 is 0. The van der Waals surface area contributed by atoms with Crippen LogP contribution in [-0.2, 0) is 45.1 Å². The normalized spacial score (nSPS) is 13.2. The average molecular weight is 456 g/mol. The van der Waals surface area contributed by atoms with Crippen molar-refractivity contribution in [2.75, 3.05) is 13.6 Å². The van der Waals surface area contributed by atoms with Gasteiger partial charge in [0.05, 0.1) is 0 Å². The Bertz CT molecular complexity index is 948. The summed E-state index contributed by atoms with van der Waals surface area (Å²) < 4.78 is 32.4. The molecule has 2 aliphatic heterocycles. The van der Waals surface area contributed by atoms with Crippen LogP contribution in [0.3, 0.4) is 0 Å². The molecule has 0 saturated carbocycles. The van der Waals surface area contributed by atoms with Gasteiger partial charge in [-0.1, -0.05) is 26.7 Å². The van der Waals surface area contributed by atoms with E-state index in [9.17, 15) is 9.59 Å². The van der Waals surface area contributed by atoms with Crippen LogP contribution in [0.5, 0.6) is 23.0 Å². The first-order chi connectivity index (χ1) is 16.1. The highest BCUT2D eigenvalue weighted by atomic mass is 16.7. The highest BCUT2D eigenvalue weighted by Gasteiger charge is 2.20. The lowest BCUT2D eigenvalue weighted by Gasteiger charge is -2.12. The van der Waals surface area contributed by atoms with Crippen LogP contribution in [-0.4, -0.2) is 25.5 Å². The van der Waals surface area contributed by atoms with Gasteiger partial charge in [0.15, 0.2) is 23.0 Å². The molecule has 0 spiro atoms. The van der Waals surface area contributed by atoms with Crippen LogP contribution in [0.1, 0.15) is 55.4 Å². The number of carbonyl (C=O) groups excluding carboxylic acids is 2. The Balaban J connectivity index is 1.31. The standard InChI is InChI=1S/C25H28O8/c1-3-5-16-7-20-22(32-14-30-20)9-18(16)12-28-24(26)11-25(27)29-13-19-10-23-21(31-15-33-23)8-17(19)6-4-2/h7-10H,3-6,11-15H2,1-2H3. The van der Waals surface area contributed by atoms with Crippen molar-refractivity contribution in [3.8, 4) is 23.0 Å². The van der Waals surface area contributed by atoms with Gasteiger partial charge in [0.2, 0.25) is 13.6 Å². The highest BCUT2D eigenvalue weighted by molar-refractivity contribution is 5.91. The van der Waals surface area contributed by atoms with Gasteiger partial charge < -0.3 is 28.4 Å². The molecule has 0 atom stereocenters. The van der Waals surface area contributed by atoms with Gasteiger partial charge in [-0.05, 0) is 59.4 Å². The number of hydrogen-bond donors (Lipinski definition) is 0. The predicted molar refractivity (Wildman–Crippen MR) is 117 cm³/mol. The van der Waals surface area contributed by atoms with E-state index in [-0.39, 0.29) is 26.8 Å². The summed E-state index contributed by atoms with van der Waals surface area (Å²) in [6.45, 7) is 4.62. The maximum absolute atomic E-state index is 12.2. The van der Waals surface area contributed by atoms with Crippen LogP contribution < -0.4 is 18.9 Å². The second kappa shape index (κ2) is 10.5. The molecule has 176 valence electrons. The molecule has 8 nitrogen and oxygen atoms in total. The monoisotopic (exact) mass is 456 g/mol. The predicted octanol–water partition coefficient (Wildman–Crippen LogP) is 4.23. The molecule has 0 bridgehead atoms. The van der Waals surface area contributed by atoms with Crippen molar-refractivity contribution in [2.45, 2.75) is 59.2 Å². The Hall–Kier alpha value is -3.42. The van der Waals surface area contributed by atoms with Gasteiger partial charge in [0, 0.05) is 0 Å². The van der Waals surface area contributed by atoms with E-state index >= 15 is 0 Å². The smallest absolute Gasteiger partial charge is 0.317 e. The van der Waals surface area contributed by atoms with Crippen molar-refractivity contribution in [1.29, 1.82) is 0 Å². The lowest BCUT2D eigenvalue weighted by Crippen LogP contribution is -2.14. The summed E-state index contributed by atoms with van der Waals surface area (Å²) in [4.78, 5) is 24.5. The number of benzene rings is 2. The number of esters is 2. The van der Waals surface area contributed by atoms with Crippen molar-refractivity contribution in [2.24, 2.45) is 0 Å². The molecule has 0 amide bonds. The van der Waals surface area contributed by atoms with E-state index in [1.54, 1.807) is 0 Å². The van der Waals surface area contributed by atoms with E-state index in [0.29, 0.717) is 23.0 Å². The zero-order chi connectivity index (χ0) is 23.2. The van der Waals surface area contributed by atoms with E-state index in [2.05, 4.69) is 13.8 Å². The first-order valence-electron chi connectivity index (χ1n) is 11.2. The van der Waals surface area contributed by atoms with E-state index < -0.39 is 18.4 Å². The maximum Gasteiger partial charge on any atom is 0.317 e. The Morgan fingerprint density at radius 3 is 1.39 bits per heavy atom. The minimum Gasteiger partial charge on any atom is -0.460 e. The molecule has 2 aliphatic rings. The molecular weight excluding hydrogens is 428 g/mol. The molecule has 0 fully saturated rings. The lowest BCUT2D eigenvalue weighted by molar-refractivity contribution is -0.156. The van der Waals surface area contributed by atoms with Crippen LogP contribution in [0.2, 0.25) is 0 Å². The number of carbonyl (C=O) groups is 2. The van der Waals surface area contributed by atoms with Crippen LogP contribution >= 0.6 is 0 Å². The topological polar surface area (TPSA) is 89.5 Å². The molecule has 8 heteroatoms. The van der Waals surface area contributed by atoms with Gasteiger partial charge in [-0.25, -0.2) is 0 Å². The van der Waals surface area contributed by atoms with Crippen molar-refractivity contribution in [1.82, 2.24) is 0 Å². The van der Waals surface area contributed by atoms with Crippen molar-refractivity contribution in [3.63, 3.8) is 0 Å². The second-order valence-electron chi connectivity index (χ2n) is 7.95. The fraction of sp³-hybridized carbons (Fsp3) is 0.440. The summed E-state index contributed by atoms with van der Waals surface area (Å²) in [6.07, 6.45) is 3.06. The SMILES string of the molecule is CCCc1cc2c(cc1COC(=O)CC(=O)OCc1cc3c(cc1CCC)OCO3)OCO2. The van der Waals surface area contributed by atoms with Gasteiger partial charge in [0.1, 0.15) is 19.6 Å². The zero-order valence-electron chi connectivity index (χ0n) is 18.9. The summed E-state index contributed by atoms with van der Waals surface area (Å²) in [7, 11) is 0. The van der Waals surface area contributed by atoms with E-state index in [0.717, 1.165) is 47.9 Å². The third-order valence-electron chi connectivity index (χ3n) is 5.49. The Labute approximate surface area is 192 Å². The number of hydrogen-bond acceptors (Lipinski definition) is 8. The number of aryl methyl sites for hydroxylation is 2. The van der Waals surface area contributed by atoms with E-state index in [4.69, 9.17) is 28.4 Å². The number of fused-ring (bicyclic) bond motifs is 2. The van der Waals surface area contributed by atoms with E-state index in [1.807, 2.05) is 24.3 Å². The summed E-state index contributed by atoms with van der Waals surface area (Å²) in [6, 6.07) is 7.49. The van der Waals surface area contributed by atoms with Crippen LogP contribution in [0.4, 0.5) is 0 Å². The van der Waals surface area contributed by atoms with Gasteiger partial charge >= 0.3 is 11.9 Å². The third kappa shape index (κ3) is 5.50. The van der Waals surface area contributed by atoms with Crippen molar-refractivity contribution >= 4 is 11.9 Å². The molecule has 2 aromatic carbocycles. The fourth-order valence-corrected chi connectivity index (χ4v) is 3.86. The third-order valence-corrected chi connectivity index (χ3v) is 5.49. The van der Waals surface area contributed by atoms with Gasteiger partial charge in [-0.15, -0.1) is 0 Å². The van der Waals surface area contributed by atoms with E-state index in [1.165, 1.54) is 0 Å². The molecule has 2 heterocycles. The molecule has 0 radical (unpaired) electrons. The highest BCUT2D eigenvalue weighted by Crippen LogP contribution is 2.36. The molecule has 0 aromatic heterocycles. The molecule has 4 rings (SSSR count). The maximum atomic E-state index is 12.2. The van der Waals surface area contributed by atoms with Gasteiger partial charge in [-0.2, -0.15) is 0 Å². The summed E-state index contributed by atoms with van der Waals surface area (Å²) in [5, 5.41) is 0. The molecule has 0 aliphatic carbocycles. The molecule has 2 aromatic rings. The van der Waals surface area contributed by atoms with Crippen LogP contribution in [0, 0.1) is 0 Å². The van der Waals surface area contributed by atoms with Crippen LogP contribution in [0.15, 0.2) is 24.3 Å². The largest absolute Gasteiger partial charge is 0.460 e. The first kappa shape index (κ1) is 22.8. The second-order valence-corrected chi connectivity index (χ2v) is 7.95. The van der Waals surface area contributed by atoms with Crippen LogP contribution in [0.25, 0.3) is 0 Å². The minimum atomic E-state index is -0.639. The molecular formula is C25H28O8. The molecule has 0 unspecified atom stereocenters. The van der Waals surface area contributed by atoms with Crippen molar-refractivity contribution < 1.29 is 38.0 Å². The average Bonchev–Trinajstić information content (AvgIpc) is 3.44. The number of rotatable bonds is 10. The molecule has 33 heavy (non-hydrogen) atoms. The molecule has 0 N–H and O–H groups in total. The Morgan fingerprint density at radius 1 is 0.667 bits per heavy atom. The lowest BCUT2D eigenvalue weighted by atomic mass is 10.0. The minimum absolute atomic E-state index is 0.0564. The van der Waals surface area contributed by atoms with Crippen molar-refractivity contribution in [3.05, 3.63) is 46.5 Å². The zero-order valence-corrected chi connectivity index (χ0v) is 18.9. The number of ether oxygens (including phenoxy) is 6. The summed E-state index contributed by atoms with van der Waals surface area (Å²) in [5.74, 6) is 1.38. The summed E-state index contributed by atoms with van der Waals surface area (Å²) in [5.41, 5.74) is 3.74. The Kier molecular flexibility index (Phi) is 7.22. The van der Waals surface area contributed by atoms with Gasteiger partial charge in [0.25, 0.3) is 0 Å². The Morgan fingerprint density at radius 2 is 1.03 bits per heavy atom. The van der Waals surface area contributed by atoms with Gasteiger partial charge in [-0.3, -0.25) is 9.59 Å². The fourth-order valence-electron chi connectivity index (χ4n) is 3.86. The quantitative estimate of drug-likeness (QED) is 0.388. The first-order valence-corrected chi connectivity index (χ1v) is 11.2.